The SMILES string of the molecule is [O]C(Cc1cccc2ccccc12)C(Cl)(Cl)C(Cl)(Cl)C(Cl)(Cl)Cl. The second-order valence-electron chi connectivity index (χ2n) is 5.03. The van der Waals surface area contributed by atoms with Gasteiger partial charge in [-0.25, -0.2) is 5.11 Å². The summed E-state index contributed by atoms with van der Waals surface area (Å²) in [5.41, 5.74) is 0.752. The molecule has 0 saturated carbocycles. The highest BCUT2D eigenvalue weighted by Crippen LogP contribution is 2.57. The molecule has 0 spiro atoms. The molecular formula is C15H10Cl7O. The lowest BCUT2D eigenvalue weighted by atomic mass is 9.97. The highest BCUT2D eigenvalue weighted by Gasteiger charge is 2.63. The van der Waals surface area contributed by atoms with Gasteiger partial charge in [0.05, 0.1) is 0 Å². The molecular weight excluding hydrogens is 444 g/mol. The zero-order chi connectivity index (χ0) is 17.5. The number of hydrogen-bond donors (Lipinski definition) is 0. The summed E-state index contributed by atoms with van der Waals surface area (Å²) in [4.78, 5) is 0. The Morgan fingerprint density at radius 3 is 2.00 bits per heavy atom. The predicted molar refractivity (Wildman–Crippen MR) is 101 cm³/mol. The Morgan fingerprint density at radius 2 is 1.39 bits per heavy atom. The number of rotatable bonds is 4. The van der Waals surface area contributed by atoms with E-state index in [9.17, 15) is 5.11 Å². The van der Waals surface area contributed by atoms with Gasteiger partial charge < -0.3 is 0 Å². The fourth-order valence-corrected chi connectivity index (χ4v) is 3.61. The fourth-order valence-electron chi connectivity index (χ4n) is 2.19. The molecule has 2 aromatic rings. The third-order valence-corrected chi connectivity index (χ3v) is 7.50. The molecule has 8 heteroatoms. The monoisotopic (exact) mass is 451 g/mol. The van der Waals surface area contributed by atoms with Gasteiger partial charge in [0.25, 0.3) is 0 Å². The van der Waals surface area contributed by atoms with E-state index in [-0.39, 0.29) is 6.42 Å². The van der Waals surface area contributed by atoms with Crippen molar-refractivity contribution in [3.05, 3.63) is 48.0 Å². The first-order valence-electron chi connectivity index (χ1n) is 6.43. The summed E-state index contributed by atoms with van der Waals surface area (Å²) in [6, 6.07) is 13.2. The lowest BCUT2D eigenvalue weighted by Crippen LogP contribution is -2.53. The van der Waals surface area contributed by atoms with E-state index in [1.165, 1.54) is 0 Å². The molecule has 0 fully saturated rings. The summed E-state index contributed by atoms with van der Waals surface area (Å²) in [5.74, 6) is 0. The molecule has 0 aliphatic rings. The van der Waals surface area contributed by atoms with Crippen LogP contribution in [-0.4, -0.2) is 18.6 Å². The Bertz CT molecular complexity index is 688. The van der Waals surface area contributed by atoms with Crippen molar-refractivity contribution >= 4 is 92.0 Å². The highest BCUT2D eigenvalue weighted by molar-refractivity contribution is 6.78. The van der Waals surface area contributed by atoms with Crippen molar-refractivity contribution in [3.8, 4) is 0 Å². The molecule has 1 atom stereocenters. The number of benzene rings is 2. The normalized spacial score (nSPS) is 15.0. The van der Waals surface area contributed by atoms with Gasteiger partial charge in [0.2, 0.25) is 3.79 Å². The highest BCUT2D eigenvalue weighted by atomic mass is 35.6. The van der Waals surface area contributed by atoms with Crippen molar-refractivity contribution < 1.29 is 5.11 Å². The standard InChI is InChI=1S/C15H10Cl7O/c16-13(17,14(18,19)15(20,21)22)12(23)8-10-6-3-5-9-4-1-2-7-11(9)10/h1-7,12H,8H2. The molecule has 0 bridgehead atoms. The van der Waals surface area contributed by atoms with E-state index >= 15 is 0 Å². The van der Waals surface area contributed by atoms with Gasteiger partial charge in [0.1, 0.15) is 6.10 Å². The topological polar surface area (TPSA) is 19.9 Å². The molecule has 0 aromatic heterocycles. The molecule has 1 radical (unpaired) electrons. The van der Waals surface area contributed by atoms with Crippen LogP contribution in [0, 0.1) is 0 Å². The lowest BCUT2D eigenvalue weighted by Gasteiger charge is -2.39. The number of halogens is 7. The third-order valence-electron chi connectivity index (χ3n) is 3.46. The minimum absolute atomic E-state index is 0.0315. The first-order chi connectivity index (χ1) is 10.5. The zero-order valence-electron chi connectivity index (χ0n) is 11.4. The van der Waals surface area contributed by atoms with Gasteiger partial charge in [-0.3, -0.25) is 0 Å². The maximum absolute atomic E-state index is 12.6. The summed E-state index contributed by atoms with van der Waals surface area (Å²) in [7, 11) is 0. The Balaban J connectivity index is 2.35. The van der Waals surface area contributed by atoms with Gasteiger partial charge in [0.15, 0.2) is 8.67 Å². The average molecular weight is 454 g/mol. The molecule has 0 heterocycles. The van der Waals surface area contributed by atoms with Crippen LogP contribution in [0.15, 0.2) is 42.5 Å². The lowest BCUT2D eigenvalue weighted by molar-refractivity contribution is 0.0701. The molecule has 0 aliphatic heterocycles. The van der Waals surface area contributed by atoms with E-state index in [0.717, 1.165) is 16.3 Å². The van der Waals surface area contributed by atoms with Gasteiger partial charge >= 0.3 is 0 Å². The maximum Gasteiger partial charge on any atom is 0.226 e. The van der Waals surface area contributed by atoms with Crippen LogP contribution in [-0.2, 0) is 11.5 Å². The molecule has 0 aliphatic carbocycles. The first kappa shape index (κ1) is 20.0. The van der Waals surface area contributed by atoms with E-state index < -0.39 is 18.6 Å². The van der Waals surface area contributed by atoms with E-state index in [0.29, 0.717) is 0 Å². The van der Waals surface area contributed by atoms with E-state index in [4.69, 9.17) is 81.2 Å². The van der Waals surface area contributed by atoms with Crippen molar-refractivity contribution in [2.45, 2.75) is 25.0 Å². The number of alkyl halides is 7. The minimum atomic E-state index is -2.29. The number of hydrogen-bond acceptors (Lipinski definition) is 0. The maximum atomic E-state index is 12.6. The van der Waals surface area contributed by atoms with Crippen molar-refractivity contribution in [1.29, 1.82) is 0 Å². The summed E-state index contributed by atoms with van der Waals surface area (Å²) in [6.45, 7) is 0. The quantitative estimate of drug-likeness (QED) is 0.448. The summed E-state index contributed by atoms with van der Waals surface area (Å²) < 4.78 is -6.75. The van der Waals surface area contributed by atoms with Crippen LogP contribution in [0.4, 0.5) is 0 Å². The van der Waals surface area contributed by atoms with E-state index in [1.807, 2.05) is 36.4 Å². The molecule has 0 saturated heterocycles. The number of fused-ring (bicyclic) bond motifs is 1. The first-order valence-corrected chi connectivity index (χ1v) is 9.08. The van der Waals surface area contributed by atoms with E-state index in [2.05, 4.69) is 0 Å². The molecule has 23 heavy (non-hydrogen) atoms. The summed E-state index contributed by atoms with van der Waals surface area (Å²) in [5, 5.41) is 14.5. The molecule has 2 aromatic carbocycles. The molecule has 0 N–H and O–H groups in total. The van der Waals surface area contributed by atoms with Crippen LogP contribution >= 0.6 is 81.2 Å². The van der Waals surface area contributed by atoms with Gasteiger partial charge in [0, 0.05) is 6.42 Å². The Kier molecular flexibility index (Phi) is 6.20. The van der Waals surface area contributed by atoms with Crippen LogP contribution in [0.3, 0.4) is 0 Å². The second-order valence-corrected chi connectivity index (χ2v) is 10.0. The molecule has 1 unspecified atom stereocenters. The average Bonchev–Trinajstić information content (AvgIpc) is 2.46. The van der Waals surface area contributed by atoms with Crippen molar-refractivity contribution in [2.75, 3.05) is 0 Å². The van der Waals surface area contributed by atoms with Crippen molar-refractivity contribution in [3.63, 3.8) is 0 Å². The zero-order valence-corrected chi connectivity index (χ0v) is 16.7. The second kappa shape index (κ2) is 7.13. The third kappa shape index (κ3) is 3.93. The molecule has 2 rings (SSSR count). The van der Waals surface area contributed by atoms with Crippen LogP contribution in [0.1, 0.15) is 5.56 Å². The van der Waals surface area contributed by atoms with Crippen LogP contribution < -0.4 is 0 Å². The molecule has 0 amide bonds. The Morgan fingerprint density at radius 1 is 0.826 bits per heavy atom. The summed E-state index contributed by atoms with van der Waals surface area (Å²) in [6.07, 6.45) is -1.65. The van der Waals surface area contributed by atoms with Gasteiger partial charge in [-0.05, 0) is 16.3 Å². The Labute approximate surface area is 169 Å². The fraction of sp³-hybridized carbons (Fsp3) is 0.333. The van der Waals surface area contributed by atoms with Crippen LogP contribution in [0.25, 0.3) is 10.8 Å². The Hall–Kier alpha value is 0.690. The predicted octanol–water partition coefficient (Wildman–Crippen LogP) is 6.90. The van der Waals surface area contributed by atoms with Crippen LogP contribution in [0.2, 0.25) is 0 Å². The van der Waals surface area contributed by atoms with Gasteiger partial charge in [-0.2, -0.15) is 0 Å². The van der Waals surface area contributed by atoms with Crippen molar-refractivity contribution in [2.24, 2.45) is 0 Å². The molecule has 125 valence electrons. The van der Waals surface area contributed by atoms with E-state index in [1.54, 1.807) is 6.07 Å². The van der Waals surface area contributed by atoms with Gasteiger partial charge in [-0.1, -0.05) is 124 Å². The van der Waals surface area contributed by atoms with Crippen LogP contribution in [0.5, 0.6) is 0 Å². The summed E-state index contributed by atoms with van der Waals surface area (Å²) >= 11 is 41.3. The van der Waals surface area contributed by atoms with Crippen molar-refractivity contribution in [1.82, 2.24) is 0 Å². The smallest absolute Gasteiger partial charge is 0.226 e. The minimum Gasteiger partial charge on any atom is -0.229 e. The largest absolute Gasteiger partial charge is 0.229 e. The molecule has 1 nitrogen and oxygen atoms in total. The van der Waals surface area contributed by atoms with Gasteiger partial charge in [-0.15, -0.1) is 0 Å².